The summed E-state index contributed by atoms with van der Waals surface area (Å²) in [6.45, 7) is 4.07. The summed E-state index contributed by atoms with van der Waals surface area (Å²) in [5, 5.41) is 2.83. The molecule has 3 heteroatoms. The fourth-order valence-electron chi connectivity index (χ4n) is 2.00. The van der Waals surface area contributed by atoms with E-state index in [0.717, 1.165) is 29.0 Å². The number of anilines is 1. The number of aryl methyl sites for hydroxylation is 2. The fraction of sp³-hybridized carbons (Fsp3) is 0.235. The van der Waals surface area contributed by atoms with Gasteiger partial charge in [0, 0.05) is 5.69 Å². The second-order valence-electron chi connectivity index (χ2n) is 4.67. The lowest BCUT2D eigenvalue weighted by Crippen LogP contribution is -2.20. The van der Waals surface area contributed by atoms with Crippen LogP contribution in [0.15, 0.2) is 48.5 Å². The second-order valence-corrected chi connectivity index (χ2v) is 4.67. The molecule has 0 saturated heterocycles. The summed E-state index contributed by atoms with van der Waals surface area (Å²) in [5.74, 6) is 0.621. The van der Waals surface area contributed by atoms with Crippen molar-refractivity contribution in [1.82, 2.24) is 0 Å². The molecule has 0 aromatic heterocycles. The first-order valence-corrected chi connectivity index (χ1v) is 6.76. The third-order valence-corrected chi connectivity index (χ3v) is 3.01. The van der Waals surface area contributed by atoms with Crippen molar-refractivity contribution in [2.45, 2.75) is 20.3 Å². The van der Waals surface area contributed by atoms with E-state index in [-0.39, 0.29) is 12.5 Å². The van der Waals surface area contributed by atoms with Crippen LogP contribution in [0.1, 0.15) is 18.1 Å². The van der Waals surface area contributed by atoms with Gasteiger partial charge in [0.15, 0.2) is 6.61 Å². The van der Waals surface area contributed by atoms with Crippen LogP contribution in [0.4, 0.5) is 5.69 Å². The molecule has 2 aromatic rings. The van der Waals surface area contributed by atoms with E-state index in [4.69, 9.17) is 4.74 Å². The molecule has 2 aromatic carbocycles. The molecular formula is C17H19NO2. The van der Waals surface area contributed by atoms with Gasteiger partial charge in [-0.25, -0.2) is 0 Å². The smallest absolute Gasteiger partial charge is 0.262 e. The standard InChI is InChI=1S/C17H19NO2/c1-3-14-8-4-5-10-16(14)20-12-17(19)18-15-9-6-7-13(2)11-15/h4-11H,3,12H2,1-2H3,(H,18,19). The number of hydrogen-bond acceptors (Lipinski definition) is 2. The van der Waals surface area contributed by atoms with E-state index in [2.05, 4.69) is 12.2 Å². The van der Waals surface area contributed by atoms with E-state index >= 15 is 0 Å². The van der Waals surface area contributed by atoms with Gasteiger partial charge in [-0.3, -0.25) is 4.79 Å². The summed E-state index contributed by atoms with van der Waals surface area (Å²) < 4.78 is 5.58. The molecule has 0 aliphatic heterocycles. The average molecular weight is 269 g/mol. The van der Waals surface area contributed by atoms with E-state index in [0.29, 0.717) is 0 Å². The zero-order valence-corrected chi connectivity index (χ0v) is 11.8. The number of nitrogens with one attached hydrogen (secondary N) is 1. The third kappa shape index (κ3) is 3.85. The Hall–Kier alpha value is -2.29. The molecule has 0 bridgehead atoms. The third-order valence-electron chi connectivity index (χ3n) is 3.01. The Labute approximate surface area is 119 Å². The minimum Gasteiger partial charge on any atom is -0.483 e. The molecule has 1 amide bonds. The maximum Gasteiger partial charge on any atom is 0.262 e. The lowest BCUT2D eigenvalue weighted by Gasteiger charge is -2.10. The lowest BCUT2D eigenvalue weighted by atomic mass is 10.1. The number of carbonyl (C=O) groups is 1. The van der Waals surface area contributed by atoms with Gasteiger partial charge in [0.05, 0.1) is 0 Å². The highest BCUT2D eigenvalue weighted by Crippen LogP contribution is 2.18. The summed E-state index contributed by atoms with van der Waals surface area (Å²) in [6, 6.07) is 15.5. The normalized spacial score (nSPS) is 10.1. The molecule has 2 rings (SSSR count). The number of ether oxygens (including phenoxy) is 1. The van der Waals surface area contributed by atoms with Gasteiger partial charge < -0.3 is 10.1 Å². The van der Waals surface area contributed by atoms with Crippen molar-refractivity contribution >= 4 is 11.6 Å². The van der Waals surface area contributed by atoms with E-state index in [1.54, 1.807) is 0 Å². The highest BCUT2D eigenvalue weighted by molar-refractivity contribution is 5.91. The Morgan fingerprint density at radius 3 is 2.70 bits per heavy atom. The first kappa shape index (κ1) is 14.1. The second kappa shape index (κ2) is 6.75. The van der Waals surface area contributed by atoms with Gasteiger partial charge in [0.1, 0.15) is 5.75 Å². The van der Waals surface area contributed by atoms with E-state index in [1.165, 1.54) is 0 Å². The SMILES string of the molecule is CCc1ccccc1OCC(=O)Nc1cccc(C)c1. The molecule has 0 radical (unpaired) electrons. The van der Waals surface area contributed by atoms with Crippen LogP contribution in [0.3, 0.4) is 0 Å². The van der Waals surface area contributed by atoms with Crippen LogP contribution in [-0.4, -0.2) is 12.5 Å². The van der Waals surface area contributed by atoms with Crippen LogP contribution in [0.2, 0.25) is 0 Å². The van der Waals surface area contributed by atoms with E-state index < -0.39 is 0 Å². The van der Waals surface area contributed by atoms with Crippen LogP contribution in [-0.2, 0) is 11.2 Å². The van der Waals surface area contributed by atoms with Gasteiger partial charge in [0.25, 0.3) is 5.91 Å². The topological polar surface area (TPSA) is 38.3 Å². The van der Waals surface area contributed by atoms with Gasteiger partial charge in [-0.2, -0.15) is 0 Å². The van der Waals surface area contributed by atoms with Gasteiger partial charge in [0.2, 0.25) is 0 Å². The Bertz CT molecular complexity index is 593. The van der Waals surface area contributed by atoms with Crippen molar-refractivity contribution in [2.75, 3.05) is 11.9 Å². The van der Waals surface area contributed by atoms with Crippen molar-refractivity contribution in [3.05, 3.63) is 59.7 Å². The maximum absolute atomic E-state index is 11.9. The van der Waals surface area contributed by atoms with Crippen LogP contribution >= 0.6 is 0 Å². The summed E-state index contributed by atoms with van der Waals surface area (Å²) in [7, 11) is 0. The first-order valence-electron chi connectivity index (χ1n) is 6.76. The molecule has 3 nitrogen and oxygen atoms in total. The zero-order chi connectivity index (χ0) is 14.4. The molecule has 0 heterocycles. The van der Waals surface area contributed by atoms with Gasteiger partial charge in [-0.1, -0.05) is 37.3 Å². The van der Waals surface area contributed by atoms with Crippen molar-refractivity contribution in [2.24, 2.45) is 0 Å². The summed E-state index contributed by atoms with van der Waals surface area (Å²) in [5.41, 5.74) is 3.01. The Balaban J connectivity index is 1.92. The Kier molecular flexibility index (Phi) is 4.77. The molecule has 0 atom stereocenters. The molecule has 20 heavy (non-hydrogen) atoms. The minimum atomic E-state index is -0.151. The lowest BCUT2D eigenvalue weighted by molar-refractivity contribution is -0.118. The maximum atomic E-state index is 11.9. The molecule has 0 fully saturated rings. The number of benzene rings is 2. The molecule has 104 valence electrons. The summed E-state index contributed by atoms with van der Waals surface area (Å²) in [4.78, 5) is 11.9. The molecule has 0 aliphatic rings. The summed E-state index contributed by atoms with van der Waals surface area (Å²) in [6.07, 6.45) is 0.885. The fourth-order valence-corrected chi connectivity index (χ4v) is 2.00. The average Bonchev–Trinajstić information content (AvgIpc) is 2.45. The Morgan fingerprint density at radius 1 is 1.15 bits per heavy atom. The van der Waals surface area contributed by atoms with Crippen molar-refractivity contribution in [1.29, 1.82) is 0 Å². The minimum absolute atomic E-state index is 0.0188. The van der Waals surface area contributed by atoms with Crippen molar-refractivity contribution in [3.8, 4) is 5.75 Å². The predicted octanol–water partition coefficient (Wildman–Crippen LogP) is 3.57. The van der Waals surface area contributed by atoms with Gasteiger partial charge in [-0.15, -0.1) is 0 Å². The van der Waals surface area contributed by atoms with Crippen molar-refractivity contribution < 1.29 is 9.53 Å². The number of para-hydroxylation sites is 1. The van der Waals surface area contributed by atoms with Crippen LogP contribution < -0.4 is 10.1 Å². The highest BCUT2D eigenvalue weighted by atomic mass is 16.5. The Morgan fingerprint density at radius 2 is 1.95 bits per heavy atom. The van der Waals surface area contributed by atoms with E-state index in [1.807, 2.05) is 55.5 Å². The van der Waals surface area contributed by atoms with Gasteiger partial charge >= 0.3 is 0 Å². The predicted molar refractivity (Wildman–Crippen MR) is 81.1 cm³/mol. The van der Waals surface area contributed by atoms with Gasteiger partial charge in [-0.05, 0) is 42.7 Å². The molecule has 0 saturated carbocycles. The van der Waals surface area contributed by atoms with Crippen molar-refractivity contribution in [3.63, 3.8) is 0 Å². The monoisotopic (exact) mass is 269 g/mol. The number of carbonyl (C=O) groups excluding carboxylic acids is 1. The molecule has 0 aliphatic carbocycles. The molecule has 1 N–H and O–H groups in total. The molecule has 0 unspecified atom stereocenters. The number of amides is 1. The quantitative estimate of drug-likeness (QED) is 0.901. The summed E-state index contributed by atoms with van der Waals surface area (Å²) >= 11 is 0. The largest absolute Gasteiger partial charge is 0.483 e. The highest BCUT2D eigenvalue weighted by Gasteiger charge is 2.06. The number of hydrogen-bond donors (Lipinski definition) is 1. The van der Waals surface area contributed by atoms with Crippen LogP contribution in [0.25, 0.3) is 0 Å². The molecule has 0 spiro atoms. The van der Waals surface area contributed by atoms with E-state index in [9.17, 15) is 4.79 Å². The zero-order valence-electron chi connectivity index (χ0n) is 11.8. The van der Waals surface area contributed by atoms with Crippen LogP contribution in [0, 0.1) is 6.92 Å². The van der Waals surface area contributed by atoms with Crippen LogP contribution in [0.5, 0.6) is 5.75 Å². The first-order chi connectivity index (χ1) is 9.69. The molecular weight excluding hydrogens is 250 g/mol. The number of rotatable bonds is 5.